The predicted molar refractivity (Wildman–Crippen MR) is 60.6 cm³/mol. The minimum absolute atomic E-state index is 0.327. The first-order valence-corrected chi connectivity index (χ1v) is 5.44. The summed E-state index contributed by atoms with van der Waals surface area (Å²) in [4.78, 5) is 11.4. The molecule has 0 saturated heterocycles. The average Bonchev–Trinajstić information content (AvgIpc) is 2.79. The second kappa shape index (κ2) is 5.29. The summed E-state index contributed by atoms with van der Waals surface area (Å²) in [5, 5.41) is 10.5. The zero-order chi connectivity index (χ0) is 12.1. The SMILES string of the molecule is CCOC(=O)N1CN(Cc2ccccc2)N=N1. The molecule has 0 N–H and O–H groups in total. The topological polar surface area (TPSA) is 57.5 Å². The van der Waals surface area contributed by atoms with E-state index in [0.29, 0.717) is 19.8 Å². The first kappa shape index (κ1) is 11.4. The molecule has 1 heterocycles. The maximum atomic E-state index is 11.4. The first-order valence-electron chi connectivity index (χ1n) is 5.44. The Hall–Kier alpha value is -2.11. The minimum atomic E-state index is -0.466. The molecule has 90 valence electrons. The van der Waals surface area contributed by atoms with Gasteiger partial charge >= 0.3 is 6.09 Å². The van der Waals surface area contributed by atoms with Crippen LogP contribution in [0.5, 0.6) is 0 Å². The largest absolute Gasteiger partial charge is 0.448 e. The summed E-state index contributed by atoms with van der Waals surface area (Å²) in [6, 6.07) is 9.89. The van der Waals surface area contributed by atoms with Gasteiger partial charge in [-0.3, -0.25) is 5.01 Å². The van der Waals surface area contributed by atoms with Crippen molar-refractivity contribution in [3.8, 4) is 0 Å². The molecular weight excluding hydrogens is 220 g/mol. The van der Waals surface area contributed by atoms with Crippen molar-refractivity contribution in [2.75, 3.05) is 13.3 Å². The van der Waals surface area contributed by atoms with Crippen LogP contribution >= 0.6 is 0 Å². The molecule has 1 aliphatic heterocycles. The van der Waals surface area contributed by atoms with Crippen LogP contribution in [-0.4, -0.2) is 29.4 Å². The van der Waals surface area contributed by atoms with Gasteiger partial charge in [0.2, 0.25) is 0 Å². The molecule has 0 unspecified atom stereocenters. The molecule has 6 heteroatoms. The number of benzene rings is 1. The van der Waals surface area contributed by atoms with Crippen LogP contribution < -0.4 is 0 Å². The van der Waals surface area contributed by atoms with E-state index in [9.17, 15) is 4.79 Å². The number of hydrogen-bond donors (Lipinski definition) is 0. The summed E-state index contributed by atoms with van der Waals surface area (Å²) in [5.41, 5.74) is 1.12. The number of carbonyl (C=O) groups excluding carboxylic acids is 1. The van der Waals surface area contributed by atoms with Crippen molar-refractivity contribution >= 4 is 6.09 Å². The zero-order valence-electron chi connectivity index (χ0n) is 9.61. The van der Waals surface area contributed by atoms with E-state index < -0.39 is 6.09 Å². The Morgan fingerprint density at radius 2 is 2.12 bits per heavy atom. The summed E-state index contributed by atoms with van der Waals surface area (Å²) in [6.07, 6.45) is -0.466. The smallest absolute Gasteiger partial charge is 0.433 e. The highest BCUT2D eigenvalue weighted by Gasteiger charge is 2.22. The lowest BCUT2D eigenvalue weighted by atomic mass is 10.2. The molecule has 17 heavy (non-hydrogen) atoms. The maximum Gasteiger partial charge on any atom is 0.433 e. The van der Waals surface area contributed by atoms with Crippen LogP contribution in [0.25, 0.3) is 0 Å². The quantitative estimate of drug-likeness (QED) is 0.805. The molecule has 0 aromatic heterocycles. The summed E-state index contributed by atoms with van der Waals surface area (Å²) in [7, 11) is 0. The molecule has 0 saturated carbocycles. The Labute approximate surface area is 99.4 Å². The standard InChI is InChI=1S/C11H14N4O2/c1-2-17-11(16)15-9-14(12-13-15)8-10-6-4-3-5-7-10/h3-7H,2,8-9H2,1H3. The van der Waals surface area contributed by atoms with Gasteiger partial charge in [-0.2, -0.15) is 5.01 Å². The van der Waals surface area contributed by atoms with E-state index in [4.69, 9.17) is 4.74 Å². The van der Waals surface area contributed by atoms with Crippen molar-refractivity contribution in [2.45, 2.75) is 13.5 Å². The average molecular weight is 234 g/mol. The summed E-state index contributed by atoms with van der Waals surface area (Å²) >= 11 is 0. The molecule has 1 aromatic rings. The monoisotopic (exact) mass is 234 g/mol. The molecular formula is C11H14N4O2. The Bertz CT molecular complexity index is 407. The number of hydrogen-bond acceptors (Lipinski definition) is 5. The van der Waals surface area contributed by atoms with Gasteiger partial charge in [0.25, 0.3) is 0 Å². The fraction of sp³-hybridized carbons (Fsp3) is 0.364. The molecule has 1 aliphatic rings. The molecule has 2 rings (SSSR count). The number of ether oxygens (including phenoxy) is 1. The van der Waals surface area contributed by atoms with Crippen LogP contribution in [0, 0.1) is 0 Å². The Kier molecular flexibility index (Phi) is 3.54. The molecule has 6 nitrogen and oxygen atoms in total. The lowest BCUT2D eigenvalue weighted by Crippen LogP contribution is -2.30. The van der Waals surface area contributed by atoms with Gasteiger partial charge in [-0.05, 0) is 17.7 Å². The third-order valence-corrected chi connectivity index (χ3v) is 2.26. The molecule has 1 amide bonds. The highest BCUT2D eigenvalue weighted by molar-refractivity contribution is 5.67. The molecule has 0 radical (unpaired) electrons. The zero-order valence-corrected chi connectivity index (χ0v) is 9.61. The van der Waals surface area contributed by atoms with Crippen LogP contribution in [0.4, 0.5) is 4.79 Å². The van der Waals surface area contributed by atoms with Crippen molar-refractivity contribution in [3.63, 3.8) is 0 Å². The van der Waals surface area contributed by atoms with Gasteiger partial charge in [-0.15, -0.1) is 0 Å². The van der Waals surface area contributed by atoms with Crippen LogP contribution in [0.3, 0.4) is 0 Å². The molecule has 0 spiro atoms. The van der Waals surface area contributed by atoms with Crippen LogP contribution in [0.2, 0.25) is 0 Å². The molecule has 0 bridgehead atoms. The Morgan fingerprint density at radius 1 is 1.35 bits per heavy atom. The molecule has 1 aromatic carbocycles. The summed E-state index contributed by atoms with van der Waals surface area (Å²) in [6.45, 7) is 3.05. The van der Waals surface area contributed by atoms with Gasteiger partial charge in [-0.1, -0.05) is 35.6 Å². The number of carbonyl (C=O) groups is 1. The molecule has 0 fully saturated rings. The van der Waals surface area contributed by atoms with Crippen molar-refractivity contribution in [3.05, 3.63) is 35.9 Å². The van der Waals surface area contributed by atoms with E-state index in [0.717, 1.165) is 5.56 Å². The highest BCUT2D eigenvalue weighted by Crippen LogP contribution is 2.13. The number of amides is 1. The third-order valence-electron chi connectivity index (χ3n) is 2.26. The van der Waals surface area contributed by atoms with E-state index in [-0.39, 0.29) is 0 Å². The molecule has 0 atom stereocenters. The lowest BCUT2D eigenvalue weighted by Gasteiger charge is -2.14. The van der Waals surface area contributed by atoms with Gasteiger partial charge < -0.3 is 4.74 Å². The van der Waals surface area contributed by atoms with Gasteiger partial charge in [0.1, 0.15) is 6.67 Å². The highest BCUT2D eigenvalue weighted by atomic mass is 16.6. The fourth-order valence-corrected chi connectivity index (χ4v) is 1.48. The Balaban J connectivity index is 1.87. The van der Waals surface area contributed by atoms with Gasteiger partial charge in [0.15, 0.2) is 0 Å². The number of rotatable bonds is 3. The summed E-state index contributed by atoms with van der Waals surface area (Å²) < 4.78 is 4.83. The molecule has 0 aliphatic carbocycles. The normalized spacial score (nSPS) is 14.2. The van der Waals surface area contributed by atoms with Crippen molar-refractivity contribution < 1.29 is 9.53 Å². The van der Waals surface area contributed by atoms with Crippen molar-refractivity contribution in [1.29, 1.82) is 0 Å². The van der Waals surface area contributed by atoms with E-state index in [1.165, 1.54) is 5.01 Å². The van der Waals surface area contributed by atoms with E-state index in [1.807, 2.05) is 30.3 Å². The van der Waals surface area contributed by atoms with Crippen LogP contribution in [0.1, 0.15) is 12.5 Å². The second-order valence-corrected chi connectivity index (χ2v) is 3.57. The van der Waals surface area contributed by atoms with Crippen molar-refractivity contribution in [1.82, 2.24) is 10.0 Å². The third kappa shape index (κ3) is 2.93. The predicted octanol–water partition coefficient (Wildman–Crippen LogP) is 2.20. The van der Waals surface area contributed by atoms with Gasteiger partial charge in [0.05, 0.1) is 13.2 Å². The first-order chi connectivity index (χ1) is 8.29. The maximum absolute atomic E-state index is 11.4. The minimum Gasteiger partial charge on any atom is -0.448 e. The van der Waals surface area contributed by atoms with E-state index in [1.54, 1.807) is 11.9 Å². The van der Waals surface area contributed by atoms with Gasteiger partial charge in [0, 0.05) is 0 Å². The van der Waals surface area contributed by atoms with Crippen LogP contribution in [-0.2, 0) is 11.3 Å². The summed E-state index contributed by atoms with van der Waals surface area (Å²) in [5.74, 6) is 0. The fourth-order valence-electron chi connectivity index (χ4n) is 1.48. The Morgan fingerprint density at radius 3 is 2.82 bits per heavy atom. The van der Waals surface area contributed by atoms with E-state index >= 15 is 0 Å². The van der Waals surface area contributed by atoms with Crippen LogP contribution in [0.15, 0.2) is 40.8 Å². The number of nitrogens with zero attached hydrogens (tertiary/aromatic N) is 4. The van der Waals surface area contributed by atoms with Gasteiger partial charge in [-0.25, -0.2) is 4.79 Å². The lowest BCUT2D eigenvalue weighted by molar-refractivity contribution is 0.100. The second-order valence-electron chi connectivity index (χ2n) is 3.57. The van der Waals surface area contributed by atoms with E-state index in [2.05, 4.69) is 10.4 Å². The van der Waals surface area contributed by atoms with Crippen molar-refractivity contribution in [2.24, 2.45) is 10.4 Å².